The van der Waals surface area contributed by atoms with E-state index < -0.39 is 28.3 Å². The van der Waals surface area contributed by atoms with E-state index in [1.807, 2.05) is 20.8 Å². The molecule has 7 heteroatoms. The van der Waals surface area contributed by atoms with Crippen LogP contribution in [0.15, 0.2) is 0 Å². The zero-order chi connectivity index (χ0) is 17.1. The Labute approximate surface area is 135 Å². The molecule has 130 valence electrons. The molecule has 0 aromatic carbocycles. The molecule has 1 aliphatic carbocycles. The highest BCUT2D eigenvalue weighted by molar-refractivity contribution is 5.83. The van der Waals surface area contributed by atoms with Gasteiger partial charge in [-0.25, -0.2) is 4.79 Å². The second-order valence-corrected chi connectivity index (χ2v) is 7.93. The first-order chi connectivity index (χ1) is 10.6. The van der Waals surface area contributed by atoms with Crippen LogP contribution in [0, 0.1) is 5.41 Å². The van der Waals surface area contributed by atoms with Gasteiger partial charge in [0, 0.05) is 0 Å². The Bertz CT molecular complexity index is 525. The van der Waals surface area contributed by atoms with Crippen molar-refractivity contribution < 1.29 is 28.9 Å². The lowest BCUT2D eigenvalue weighted by Crippen LogP contribution is -2.71. The summed E-state index contributed by atoms with van der Waals surface area (Å²) in [5, 5.41) is 9.59. The Hall–Kier alpha value is -1.34. The van der Waals surface area contributed by atoms with Gasteiger partial charge in [-0.2, -0.15) is 0 Å². The molecule has 4 aliphatic rings. The van der Waals surface area contributed by atoms with Gasteiger partial charge in [0.1, 0.15) is 16.6 Å². The lowest BCUT2D eigenvalue weighted by atomic mass is 9.54. The van der Waals surface area contributed by atoms with Crippen molar-refractivity contribution in [3.8, 4) is 0 Å². The Morgan fingerprint density at radius 1 is 1.26 bits per heavy atom. The summed E-state index contributed by atoms with van der Waals surface area (Å²) in [5.74, 6) is -0.287. The molecule has 0 unspecified atom stereocenters. The van der Waals surface area contributed by atoms with E-state index in [0.29, 0.717) is 32.5 Å². The molecule has 3 saturated heterocycles. The summed E-state index contributed by atoms with van der Waals surface area (Å²) in [5.41, 5.74) is -2.72. The fourth-order valence-electron chi connectivity index (χ4n) is 4.09. The van der Waals surface area contributed by atoms with E-state index in [4.69, 9.17) is 14.2 Å². The molecule has 2 bridgehead atoms. The van der Waals surface area contributed by atoms with Gasteiger partial charge in [0.05, 0.1) is 31.9 Å². The molecule has 4 rings (SSSR count). The highest BCUT2D eigenvalue weighted by atomic mass is 16.6. The van der Waals surface area contributed by atoms with Crippen LogP contribution in [0.5, 0.6) is 0 Å². The average molecular weight is 327 g/mol. The predicted octanol–water partition coefficient (Wildman–Crippen LogP) is 1.08. The third kappa shape index (κ3) is 2.24. The Kier molecular flexibility index (Phi) is 3.47. The third-order valence-corrected chi connectivity index (χ3v) is 5.03. The number of carbonyl (C=O) groups excluding carboxylic acids is 2. The number of amides is 1. The highest BCUT2D eigenvalue weighted by Crippen LogP contribution is 2.69. The van der Waals surface area contributed by atoms with E-state index >= 15 is 0 Å². The number of esters is 1. The summed E-state index contributed by atoms with van der Waals surface area (Å²) < 4.78 is 16.7. The molecular formula is C16H25NO6. The van der Waals surface area contributed by atoms with E-state index in [1.54, 1.807) is 6.92 Å². The second kappa shape index (κ2) is 4.83. The number of hydrogen-bond acceptors (Lipinski definition) is 6. The van der Waals surface area contributed by atoms with Gasteiger partial charge in [-0.05, 0) is 40.5 Å². The number of ether oxygens (including phenoxy) is 3. The summed E-state index contributed by atoms with van der Waals surface area (Å²) >= 11 is 0. The van der Waals surface area contributed by atoms with Crippen LogP contribution in [0.3, 0.4) is 0 Å². The molecule has 1 N–H and O–H groups in total. The molecule has 0 radical (unpaired) electrons. The van der Waals surface area contributed by atoms with Crippen molar-refractivity contribution >= 4 is 12.1 Å². The minimum Gasteiger partial charge on any atom is -0.465 e. The van der Waals surface area contributed by atoms with Crippen molar-refractivity contribution in [3.05, 3.63) is 0 Å². The maximum atomic E-state index is 12.5. The number of likely N-dealkylation sites (tertiary alicyclic amines) is 1. The van der Waals surface area contributed by atoms with Crippen LogP contribution in [0.1, 0.15) is 40.5 Å². The molecule has 0 atom stereocenters. The number of carbonyl (C=O) groups is 2. The summed E-state index contributed by atoms with van der Waals surface area (Å²) in [4.78, 5) is 26.1. The summed E-state index contributed by atoms with van der Waals surface area (Å²) in [6.45, 7) is 7.97. The van der Waals surface area contributed by atoms with Crippen molar-refractivity contribution in [3.63, 3.8) is 0 Å². The van der Waals surface area contributed by atoms with Crippen LogP contribution in [0.2, 0.25) is 0 Å². The van der Waals surface area contributed by atoms with E-state index in [9.17, 15) is 14.7 Å². The molecule has 1 saturated carbocycles. The average Bonchev–Trinajstić information content (AvgIpc) is 2.81. The lowest BCUT2D eigenvalue weighted by Gasteiger charge is -2.53. The monoisotopic (exact) mass is 327 g/mol. The van der Waals surface area contributed by atoms with E-state index in [0.717, 1.165) is 0 Å². The van der Waals surface area contributed by atoms with Crippen LogP contribution in [0.4, 0.5) is 4.79 Å². The Morgan fingerprint density at radius 2 is 1.87 bits per heavy atom. The molecule has 1 amide bonds. The van der Waals surface area contributed by atoms with Crippen LogP contribution >= 0.6 is 0 Å². The molecule has 0 aromatic heterocycles. The van der Waals surface area contributed by atoms with Gasteiger partial charge in [0.15, 0.2) is 0 Å². The summed E-state index contributed by atoms with van der Waals surface area (Å²) in [6.07, 6.45) is 0.502. The van der Waals surface area contributed by atoms with E-state index in [-0.39, 0.29) is 12.6 Å². The SMILES string of the molecule is CCOC(=O)C12CC(CO)(C1)OC21CN(C(=O)OC(C)(C)C)C1. The van der Waals surface area contributed by atoms with Gasteiger partial charge >= 0.3 is 12.1 Å². The molecule has 3 aliphatic heterocycles. The maximum Gasteiger partial charge on any atom is 0.410 e. The number of hydrogen-bond donors (Lipinski definition) is 1. The molecule has 4 fully saturated rings. The topological polar surface area (TPSA) is 85.3 Å². The second-order valence-electron chi connectivity index (χ2n) is 7.93. The minimum absolute atomic E-state index is 0.123. The van der Waals surface area contributed by atoms with E-state index in [1.165, 1.54) is 4.90 Å². The molecule has 0 aromatic rings. The van der Waals surface area contributed by atoms with Crippen molar-refractivity contribution in [2.24, 2.45) is 5.41 Å². The standard InChI is InChI=1S/C16H25NO6/c1-5-21-11(19)15-6-14(7-15,10-18)23-16(15)8-17(9-16)12(20)22-13(2,3)4/h18H,5-10H2,1-4H3. The predicted molar refractivity (Wildman–Crippen MR) is 79.7 cm³/mol. The zero-order valence-corrected chi connectivity index (χ0v) is 14.2. The highest BCUT2D eigenvalue weighted by Gasteiger charge is 2.82. The van der Waals surface area contributed by atoms with Crippen molar-refractivity contribution in [1.29, 1.82) is 0 Å². The summed E-state index contributed by atoms with van der Waals surface area (Å²) in [7, 11) is 0. The zero-order valence-electron chi connectivity index (χ0n) is 14.2. The first-order valence-corrected chi connectivity index (χ1v) is 8.07. The van der Waals surface area contributed by atoms with E-state index in [2.05, 4.69) is 0 Å². The first-order valence-electron chi connectivity index (χ1n) is 8.07. The van der Waals surface area contributed by atoms with Gasteiger partial charge in [-0.3, -0.25) is 4.79 Å². The lowest BCUT2D eigenvalue weighted by molar-refractivity contribution is -0.178. The maximum absolute atomic E-state index is 12.5. The minimum atomic E-state index is -0.751. The van der Waals surface area contributed by atoms with Crippen LogP contribution in [-0.4, -0.2) is 65.2 Å². The smallest absolute Gasteiger partial charge is 0.410 e. The normalized spacial score (nSPS) is 33.9. The van der Waals surface area contributed by atoms with Gasteiger partial charge in [-0.1, -0.05) is 0 Å². The largest absolute Gasteiger partial charge is 0.465 e. The van der Waals surface area contributed by atoms with Crippen LogP contribution in [-0.2, 0) is 19.0 Å². The molecule has 7 nitrogen and oxygen atoms in total. The van der Waals surface area contributed by atoms with Crippen LogP contribution in [0.25, 0.3) is 0 Å². The molecule has 3 heterocycles. The van der Waals surface area contributed by atoms with Gasteiger partial charge < -0.3 is 24.2 Å². The number of nitrogens with zero attached hydrogens (tertiary/aromatic N) is 1. The van der Waals surface area contributed by atoms with Gasteiger partial charge in [-0.15, -0.1) is 0 Å². The number of rotatable bonds is 3. The van der Waals surface area contributed by atoms with Crippen molar-refractivity contribution in [2.75, 3.05) is 26.3 Å². The molecule has 23 heavy (non-hydrogen) atoms. The molecular weight excluding hydrogens is 302 g/mol. The number of aliphatic hydroxyl groups is 1. The van der Waals surface area contributed by atoms with Crippen LogP contribution < -0.4 is 0 Å². The summed E-state index contributed by atoms with van der Waals surface area (Å²) in [6, 6.07) is 0. The van der Waals surface area contributed by atoms with Gasteiger partial charge in [0.2, 0.25) is 0 Å². The fraction of sp³-hybridized carbons (Fsp3) is 0.875. The quantitative estimate of drug-likeness (QED) is 0.781. The first kappa shape index (κ1) is 16.5. The Morgan fingerprint density at radius 3 is 2.35 bits per heavy atom. The van der Waals surface area contributed by atoms with Crippen molar-refractivity contribution in [1.82, 2.24) is 4.90 Å². The number of aliphatic hydroxyl groups excluding tert-OH is 1. The van der Waals surface area contributed by atoms with Gasteiger partial charge in [0.25, 0.3) is 0 Å². The molecule has 1 spiro atoms. The third-order valence-electron chi connectivity index (χ3n) is 5.03. The van der Waals surface area contributed by atoms with Crippen molar-refractivity contribution in [2.45, 2.75) is 57.3 Å². The fourth-order valence-corrected chi connectivity index (χ4v) is 4.09. The Balaban J connectivity index is 1.73.